The zero-order chi connectivity index (χ0) is 18.1. The van der Waals surface area contributed by atoms with Crippen LogP contribution in [0.5, 0.6) is 0 Å². The predicted molar refractivity (Wildman–Crippen MR) is 101 cm³/mol. The summed E-state index contributed by atoms with van der Waals surface area (Å²) in [5, 5.41) is 13.7. The van der Waals surface area contributed by atoms with Crippen molar-refractivity contribution in [1.29, 1.82) is 0 Å². The van der Waals surface area contributed by atoms with Gasteiger partial charge in [0, 0.05) is 24.2 Å². The summed E-state index contributed by atoms with van der Waals surface area (Å²) in [6, 6.07) is 10.8. The lowest BCUT2D eigenvalue weighted by Crippen LogP contribution is -2.33. The quantitative estimate of drug-likeness (QED) is 0.455. The first-order valence-corrected chi connectivity index (χ1v) is 8.38. The summed E-state index contributed by atoms with van der Waals surface area (Å²) < 4.78 is 5.73. The number of anilines is 3. The molecule has 0 spiro atoms. The zero-order valence-corrected chi connectivity index (χ0v) is 14.1. The first kappa shape index (κ1) is 16.4. The predicted octanol–water partition coefficient (Wildman–Crippen LogP) is 1.64. The van der Waals surface area contributed by atoms with Crippen LogP contribution in [0.25, 0.3) is 10.9 Å². The highest BCUT2D eigenvalue weighted by Crippen LogP contribution is 2.27. The summed E-state index contributed by atoms with van der Waals surface area (Å²) in [4.78, 5) is 12.6. The highest BCUT2D eigenvalue weighted by Gasteiger charge is 2.18. The van der Waals surface area contributed by atoms with Crippen molar-refractivity contribution in [1.82, 2.24) is 15.5 Å². The van der Waals surface area contributed by atoms with E-state index in [0.717, 1.165) is 18.7 Å². The number of fused-ring (bicyclic) bond motifs is 1. The minimum Gasteiger partial charge on any atom is -0.399 e. The molecule has 1 aliphatic heterocycles. The van der Waals surface area contributed by atoms with E-state index in [1.165, 1.54) is 0 Å². The van der Waals surface area contributed by atoms with E-state index in [1.54, 1.807) is 24.3 Å². The molecule has 134 valence electrons. The van der Waals surface area contributed by atoms with Crippen LogP contribution in [0.15, 0.2) is 36.4 Å². The summed E-state index contributed by atoms with van der Waals surface area (Å²) in [6.45, 7) is 2.26. The zero-order valence-electron chi connectivity index (χ0n) is 14.1. The molecule has 1 aliphatic rings. The first-order valence-electron chi connectivity index (χ1n) is 8.38. The number of H-pyrrole nitrogens is 1. The number of rotatable bonds is 3. The van der Waals surface area contributed by atoms with Crippen LogP contribution in [0.1, 0.15) is 22.2 Å². The number of nitrogens with two attached hydrogens (primary N) is 2. The Hall–Kier alpha value is -3.10. The Morgan fingerprint density at radius 2 is 2.12 bits per heavy atom. The van der Waals surface area contributed by atoms with Crippen LogP contribution in [-0.2, 0) is 4.74 Å². The molecule has 1 amide bonds. The highest BCUT2D eigenvalue weighted by molar-refractivity contribution is 6.12. The third-order valence-corrected chi connectivity index (χ3v) is 4.43. The van der Waals surface area contributed by atoms with E-state index in [1.807, 2.05) is 12.1 Å². The molecule has 1 saturated heterocycles. The van der Waals surface area contributed by atoms with Crippen LogP contribution in [0.4, 0.5) is 17.1 Å². The molecule has 3 aromatic rings. The second kappa shape index (κ2) is 6.66. The number of hydrogen-bond acceptors (Lipinski definition) is 6. The molecule has 2 heterocycles. The SMILES string of the molecule is Nc1ccc2c(C(=O)Nc3ccc([C@@H]4CNCCO4)cc3N)n[nH]c2c1. The van der Waals surface area contributed by atoms with Crippen molar-refractivity contribution < 1.29 is 9.53 Å². The third-order valence-electron chi connectivity index (χ3n) is 4.43. The van der Waals surface area contributed by atoms with E-state index in [2.05, 4.69) is 20.8 Å². The van der Waals surface area contributed by atoms with Crippen molar-refractivity contribution in [2.45, 2.75) is 6.10 Å². The molecule has 0 bridgehead atoms. The number of morpholine rings is 1. The van der Waals surface area contributed by atoms with Gasteiger partial charge in [0.05, 0.1) is 29.6 Å². The lowest BCUT2D eigenvalue weighted by Gasteiger charge is -2.24. The number of hydrogen-bond donors (Lipinski definition) is 5. The number of nitrogens with one attached hydrogen (secondary N) is 3. The van der Waals surface area contributed by atoms with Gasteiger partial charge in [0.25, 0.3) is 5.91 Å². The fourth-order valence-electron chi connectivity index (χ4n) is 3.07. The number of carbonyl (C=O) groups is 1. The molecule has 1 atom stereocenters. The van der Waals surface area contributed by atoms with Gasteiger partial charge in [-0.1, -0.05) is 6.07 Å². The molecule has 7 N–H and O–H groups in total. The molecule has 8 heteroatoms. The van der Waals surface area contributed by atoms with Gasteiger partial charge in [-0.25, -0.2) is 0 Å². The van der Waals surface area contributed by atoms with Gasteiger partial charge in [0.1, 0.15) is 0 Å². The molecule has 8 nitrogen and oxygen atoms in total. The minimum absolute atomic E-state index is 0.0310. The van der Waals surface area contributed by atoms with Gasteiger partial charge in [0.15, 0.2) is 5.69 Å². The minimum atomic E-state index is -0.337. The Labute approximate surface area is 149 Å². The monoisotopic (exact) mass is 352 g/mol. The summed E-state index contributed by atoms with van der Waals surface area (Å²) in [5.41, 5.74) is 15.5. The number of aromatic amines is 1. The van der Waals surface area contributed by atoms with Crippen molar-refractivity contribution >= 4 is 33.9 Å². The van der Waals surface area contributed by atoms with Crippen LogP contribution >= 0.6 is 0 Å². The molecule has 4 rings (SSSR count). The first-order chi connectivity index (χ1) is 12.6. The molecule has 0 aliphatic carbocycles. The van der Waals surface area contributed by atoms with Crippen LogP contribution in [0, 0.1) is 0 Å². The topological polar surface area (TPSA) is 131 Å². The average Bonchev–Trinajstić information content (AvgIpc) is 3.07. The fraction of sp³-hybridized carbons (Fsp3) is 0.222. The molecule has 26 heavy (non-hydrogen) atoms. The van der Waals surface area contributed by atoms with Gasteiger partial charge in [-0.2, -0.15) is 5.10 Å². The van der Waals surface area contributed by atoms with E-state index in [9.17, 15) is 4.79 Å². The Balaban J connectivity index is 1.55. The summed E-state index contributed by atoms with van der Waals surface area (Å²) >= 11 is 0. The number of nitrogen functional groups attached to an aromatic ring is 2. The summed E-state index contributed by atoms with van der Waals surface area (Å²) in [7, 11) is 0. The van der Waals surface area contributed by atoms with Crippen LogP contribution in [0.3, 0.4) is 0 Å². The van der Waals surface area contributed by atoms with E-state index in [0.29, 0.717) is 40.3 Å². The average molecular weight is 352 g/mol. The number of nitrogens with zero attached hydrogens (tertiary/aromatic N) is 1. The van der Waals surface area contributed by atoms with Gasteiger partial charge in [0.2, 0.25) is 0 Å². The van der Waals surface area contributed by atoms with E-state index in [-0.39, 0.29) is 12.0 Å². The van der Waals surface area contributed by atoms with Crippen LogP contribution in [-0.4, -0.2) is 35.8 Å². The molecule has 2 aromatic carbocycles. The van der Waals surface area contributed by atoms with Crippen molar-refractivity contribution in [3.05, 3.63) is 47.7 Å². The number of carbonyl (C=O) groups excluding carboxylic acids is 1. The molecule has 1 fully saturated rings. The number of amides is 1. The maximum atomic E-state index is 12.6. The Morgan fingerprint density at radius 1 is 1.23 bits per heavy atom. The Morgan fingerprint density at radius 3 is 2.88 bits per heavy atom. The smallest absolute Gasteiger partial charge is 0.276 e. The standard InChI is InChI=1S/C18H20N6O2/c19-11-2-3-12-15(8-11)23-24-17(12)18(25)22-14-4-1-10(7-13(14)20)16-9-21-5-6-26-16/h1-4,7-8,16,21H,5-6,9,19-20H2,(H,22,25)(H,23,24)/t16-/m0/s1. The maximum Gasteiger partial charge on any atom is 0.276 e. The third kappa shape index (κ3) is 3.07. The van der Waals surface area contributed by atoms with Gasteiger partial charge in [-0.05, 0) is 35.9 Å². The molecular formula is C18H20N6O2. The molecular weight excluding hydrogens is 332 g/mol. The van der Waals surface area contributed by atoms with E-state index >= 15 is 0 Å². The van der Waals surface area contributed by atoms with E-state index < -0.39 is 0 Å². The van der Waals surface area contributed by atoms with Gasteiger partial charge >= 0.3 is 0 Å². The van der Waals surface area contributed by atoms with E-state index in [4.69, 9.17) is 16.2 Å². The normalized spacial score (nSPS) is 17.3. The second-order valence-corrected chi connectivity index (χ2v) is 6.24. The number of aromatic nitrogens is 2. The summed E-state index contributed by atoms with van der Waals surface area (Å²) in [5.74, 6) is -0.337. The maximum absolute atomic E-state index is 12.6. The summed E-state index contributed by atoms with van der Waals surface area (Å²) in [6.07, 6.45) is -0.0310. The van der Waals surface area contributed by atoms with Gasteiger partial charge in [-0.3, -0.25) is 9.89 Å². The second-order valence-electron chi connectivity index (χ2n) is 6.24. The lowest BCUT2D eigenvalue weighted by atomic mass is 10.1. The van der Waals surface area contributed by atoms with Crippen molar-refractivity contribution in [3.8, 4) is 0 Å². The largest absolute Gasteiger partial charge is 0.399 e. The fourth-order valence-corrected chi connectivity index (χ4v) is 3.07. The number of ether oxygens (including phenoxy) is 1. The molecule has 1 aromatic heterocycles. The highest BCUT2D eigenvalue weighted by atomic mass is 16.5. The van der Waals surface area contributed by atoms with Crippen molar-refractivity contribution in [3.63, 3.8) is 0 Å². The Bertz CT molecular complexity index is 961. The molecule has 0 radical (unpaired) electrons. The van der Waals surface area contributed by atoms with Crippen molar-refractivity contribution in [2.24, 2.45) is 0 Å². The van der Waals surface area contributed by atoms with Crippen LogP contribution < -0.4 is 22.1 Å². The lowest BCUT2D eigenvalue weighted by molar-refractivity contribution is 0.0277. The van der Waals surface area contributed by atoms with Crippen LogP contribution in [0.2, 0.25) is 0 Å². The van der Waals surface area contributed by atoms with Gasteiger partial charge in [-0.15, -0.1) is 0 Å². The molecule has 0 saturated carbocycles. The Kier molecular flexibility index (Phi) is 4.19. The molecule has 0 unspecified atom stereocenters. The number of benzene rings is 2. The van der Waals surface area contributed by atoms with Crippen molar-refractivity contribution in [2.75, 3.05) is 36.5 Å². The van der Waals surface area contributed by atoms with Gasteiger partial charge < -0.3 is 26.8 Å².